The summed E-state index contributed by atoms with van der Waals surface area (Å²) in [4.78, 5) is 2.37. The quantitative estimate of drug-likeness (QED) is 0.163. The fourth-order valence-corrected chi connectivity index (χ4v) is 5.77. The lowest BCUT2D eigenvalue weighted by molar-refractivity contribution is 1.28. The third-order valence-electron chi connectivity index (χ3n) is 8.08. The number of benzene rings is 7. The minimum atomic E-state index is 1.10. The first kappa shape index (κ1) is 27.9. The van der Waals surface area contributed by atoms with Crippen LogP contribution in [0.3, 0.4) is 0 Å². The van der Waals surface area contributed by atoms with E-state index in [9.17, 15) is 0 Å². The van der Waals surface area contributed by atoms with Crippen molar-refractivity contribution in [3.63, 3.8) is 0 Å². The molecule has 0 heterocycles. The molecule has 0 saturated heterocycles. The largest absolute Gasteiger partial charge is 0.310 e. The van der Waals surface area contributed by atoms with E-state index in [0.717, 1.165) is 22.6 Å². The van der Waals surface area contributed by atoms with Crippen molar-refractivity contribution in [2.45, 2.75) is 0 Å². The standard InChI is InChI=1S/C44H33N/c1-4-13-34(14-5-1)23-24-35-15-12-20-42(33-35)45(44-22-11-10-21-43(44)40-18-8-3-9-19-40)41-31-29-39(30-32-41)38-27-25-37(26-28-38)36-16-6-2-7-17-36/h1-33H. The number of anilines is 3. The van der Waals surface area contributed by atoms with Crippen LogP contribution in [0.2, 0.25) is 0 Å². The molecular weight excluding hydrogens is 542 g/mol. The Morgan fingerprint density at radius 2 is 0.778 bits per heavy atom. The van der Waals surface area contributed by atoms with Crippen molar-refractivity contribution in [1.82, 2.24) is 0 Å². The van der Waals surface area contributed by atoms with Crippen molar-refractivity contribution in [2.24, 2.45) is 0 Å². The Morgan fingerprint density at radius 3 is 1.42 bits per heavy atom. The van der Waals surface area contributed by atoms with Gasteiger partial charge in [0.1, 0.15) is 0 Å². The zero-order chi connectivity index (χ0) is 30.3. The van der Waals surface area contributed by atoms with Crippen LogP contribution in [0.25, 0.3) is 45.5 Å². The molecule has 7 aromatic carbocycles. The number of hydrogen-bond donors (Lipinski definition) is 0. The molecule has 0 aliphatic rings. The second-order valence-electron chi connectivity index (χ2n) is 11.0. The molecule has 0 aromatic heterocycles. The van der Waals surface area contributed by atoms with Gasteiger partial charge in [-0.2, -0.15) is 0 Å². The van der Waals surface area contributed by atoms with E-state index in [1.807, 2.05) is 6.07 Å². The Hall–Kier alpha value is -5.92. The van der Waals surface area contributed by atoms with Gasteiger partial charge in [0, 0.05) is 16.9 Å². The molecule has 0 atom stereocenters. The summed E-state index contributed by atoms with van der Waals surface area (Å²) < 4.78 is 0. The number of para-hydroxylation sites is 1. The van der Waals surface area contributed by atoms with Crippen molar-refractivity contribution in [3.05, 3.63) is 199 Å². The van der Waals surface area contributed by atoms with Gasteiger partial charge in [0.15, 0.2) is 0 Å². The van der Waals surface area contributed by atoms with E-state index in [4.69, 9.17) is 0 Å². The highest BCUT2D eigenvalue weighted by molar-refractivity contribution is 5.89. The highest BCUT2D eigenvalue weighted by Gasteiger charge is 2.17. The van der Waals surface area contributed by atoms with Crippen molar-refractivity contribution in [2.75, 3.05) is 4.90 Å². The van der Waals surface area contributed by atoms with Gasteiger partial charge in [-0.3, -0.25) is 0 Å². The molecule has 7 rings (SSSR count). The maximum absolute atomic E-state index is 2.37. The van der Waals surface area contributed by atoms with Crippen LogP contribution in [0.4, 0.5) is 17.1 Å². The van der Waals surface area contributed by atoms with E-state index in [1.165, 1.54) is 38.9 Å². The van der Waals surface area contributed by atoms with E-state index < -0.39 is 0 Å². The molecule has 0 saturated carbocycles. The fourth-order valence-electron chi connectivity index (χ4n) is 5.77. The minimum absolute atomic E-state index is 1.10. The van der Waals surface area contributed by atoms with Gasteiger partial charge in [0.2, 0.25) is 0 Å². The SMILES string of the molecule is C(=Cc1cccc(N(c2ccc(-c3ccc(-c4ccccc4)cc3)cc2)c2ccccc2-c2ccccc2)c1)c1ccccc1. The molecule has 0 fully saturated rings. The summed E-state index contributed by atoms with van der Waals surface area (Å²) in [5.41, 5.74) is 12.9. The summed E-state index contributed by atoms with van der Waals surface area (Å²) in [6, 6.07) is 66.7. The third-order valence-corrected chi connectivity index (χ3v) is 8.08. The molecule has 1 heteroatoms. The normalized spacial score (nSPS) is 11.0. The van der Waals surface area contributed by atoms with E-state index in [-0.39, 0.29) is 0 Å². The van der Waals surface area contributed by atoms with Gasteiger partial charge < -0.3 is 4.90 Å². The Morgan fingerprint density at radius 1 is 0.311 bits per heavy atom. The highest BCUT2D eigenvalue weighted by atomic mass is 15.1. The molecule has 1 nitrogen and oxygen atoms in total. The Bertz CT molecular complexity index is 2010. The van der Waals surface area contributed by atoms with Crippen LogP contribution in [0, 0.1) is 0 Å². The topological polar surface area (TPSA) is 3.24 Å². The van der Waals surface area contributed by atoms with Crippen molar-refractivity contribution in [1.29, 1.82) is 0 Å². The molecular formula is C44H33N. The molecule has 7 aromatic rings. The number of hydrogen-bond acceptors (Lipinski definition) is 1. The summed E-state index contributed by atoms with van der Waals surface area (Å²) in [6.45, 7) is 0. The Kier molecular flexibility index (Phi) is 8.15. The molecule has 0 radical (unpaired) electrons. The van der Waals surface area contributed by atoms with Crippen LogP contribution in [-0.2, 0) is 0 Å². The maximum Gasteiger partial charge on any atom is 0.0540 e. The molecule has 0 unspecified atom stereocenters. The van der Waals surface area contributed by atoms with Crippen molar-refractivity contribution < 1.29 is 0 Å². The molecule has 0 bridgehead atoms. The van der Waals surface area contributed by atoms with Crippen LogP contribution in [0.5, 0.6) is 0 Å². The van der Waals surface area contributed by atoms with Gasteiger partial charge in [-0.15, -0.1) is 0 Å². The Labute approximate surface area is 266 Å². The van der Waals surface area contributed by atoms with Gasteiger partial charge in [0.25, 0.3) is 0 Å². The molecule has 0 aliphatic carbocycles. The van der Waals surface area contributed by atoms with E-state index >= 15 is 0 Å². The maximum atomic E-state index is 2.37. The van der Waals surface area contributed by atoms with Crippen LogP contribution in [-0.4, -0.2) is 0 Å². The predicted molar refractivity (Wildman–Crippen MR) is 193 cm³/mol. The van der Waals surface area contributed by atoms with Crippen molar-refractivity contribution in [3.8, 4) is 33.4 Å². The molecule has 214 valence electrons. The molecule has 0 N–H and O–H groups in total. The van der Waals surface area contributed by atoms with E-state index in [1.54, 1.807) is 0 Å². The lowest BCUT2D eigenvalue weighted by Crippen LogP contribution is -2.11. The molecule has 0 spiro atoms. The van der Waals surface area contributed by atoms with Crippen LogP contribution >= 0.6 is 0 Å². The van der Waals surface area contributed by atoms with Crippen LogP contribution in [0.1, 0.15) is 11.1 Å². The van der Waals surface area contributed by atoms with E-state index in [2.05, 4.69) is 199 Å². The first-order valence-corrected chi connectivity index (χ1v) is 15.4. The molecule has 0 aliphatic heterocycles. The van der Waals surface area contributed by atoms with Gasteiger partial charge in [-0.1, -0.05) is 170 Å². The van der Waals surface area contributed by atoms with Gasteiger partial charge >= 0.3 is 0 Å². The second kappa shape index (κ2) is 13.2. The zero-order valence-electron chi connectivity index (χ0n) is 25.0. The van der Waals surface area contributed by atoms with Crippen LogP contribution in [0.15, 0.2) is 188 Å². The van der Waals surface area contributed by atoms with Crippen molar-refractivity contribution >= 4 is 29.2 Å². The smallest absolute Gasteiger partial charge is 0.0540 e. The average molecular weight is 576 g/mol. The lowest BCUT2D eigenvalue weighted by atomic mass is 9.99. The molecule has 0 amide bonds. The first-order chi connectivity index (χ1) is 22.3. The summed E-state index contributed by atoms with van der Waals surface area (Å²) in [5, 5.41) is 0. The van der Waals surface area contributed by atoms with E-state index in [0.29, 0.717) is 0 Å². The van der Waals surface area contributed by atoms with Gasteiger partial charge in [-0.25, -0.2) is 0 Å². The fraction of sp³-hybridized carbons (Fsp3) is 0. The highest BCUT2D eigenvalue weighted by Crippen LogP contribution is 2.41. The summed E-state index contributed by atoms with van der Waals surface area (Å²) in [7, 11) is 0. The minimum Gasteiger partial charge on any atom is -0.310 e. The molecule has 45 heavy (non-hydrogen) atoms. The zero-order valence-corrected chi connectivity index (χ0v) is 25.0. The Balaban J connectivity index is 1.27. The van der Waals surface area contributed by atoms with Gasteiger partial charge in [-0.05, 0) is 69.3 Å². The second-order valence-corrected chi connectivity index (χ2v) is 11.0. The number of nitrogens with zero attached hydrogens (tertiary/aromatic N) is 1. The number of rotatable bonds is 8. The lowest BCUT2D eigenvalue weighted by Gasteiger charge is -2.28. The summed E-state index contributed by atoms with van der Waals surface area (Å²) >= 11 is 0. The average Bonchev–Trinajstić information content (AvgIpc) is 3.13. The monoisotopic (exact) mass is 575 g/mol. The summed E-state index contributed by atoms with van der Waals surface area (Å²) in [5.74, 6) is 0. The third kappa shape index (κ3) is 6.39. The van der Waals surface area contributed by atoms with Gasteiger partial charge in [0.05, 0.1) is 5.69 Å². The van der Waals surface area contributed by atoms with Crippen LogP contribution < -0.4 is 4.90 Å². The predicted octanol–water partition coefficient (Wildman–Crippen LogP) is 12.3. The summed E-state index contributed by atoms with van der Waals surface area (Å²) in [6.07, 6.45) is 4.35. The first-order valence-electron chi connectivity index (χ1n) is 15.4.